The fraction of sp³-hybridized carbons (Fsp3) is 0.0217. The number of anilines is 3. The molecule has 3 nitrogen and oxygen atoms in total. The number of rotatable bonds is 8. The van der Waals surface area contributed by atoms with Crippen molar-refractivity contribution in [2.45, 2.75) is 6.04 Å². The standard InChI is InChI=1S/C33H26N2.C13H12N.Ir/c1-3-25-11-17-30(18-12-25)35(31-19-13-26(4-2)14-20-31)32-21-15-27(16-22-32)28-8-7-9-29(24-28)33-10-5-6-23-34-33;1-11-7-3-4-8-12(11)13-9-5-6-10-14(13)2;/h3-8,10-24,33H,1-2H2;3-10H,1-2H2;/q-2;-1;. The summed E-state index contributed by atoms with van der Waals surface area (Å²) in [6.07, 6.45) is 13.6. The zero-order chi connectivity index (χ0) is 34.0. The van der Waals surface area contributed by atoms with E-state index in [1.54, 1.807) is 0 Å². The van der Waals surface area contributed by atoms with E-state index in [2.05, 4.69) is 140 Å². The third-order valence-electron chi connectivity index (χ3n) is 8.35. The molecule has 0 saturated heterocycles. The van der Waals surface area contributed by atoms with Gasteiger partial charge in [0.25, 0.3) is 0 Å². The minimum Gasteiger partial charge on any atom is -0.683 e. The number of hydrogen-bond donors (Lipinski definition) is 0. The maximum atomic E-state index is 4.55. The quantitative estimate of drug-likeness (QED) is 0.111. The molecule has 249 valence electrons. The van der Waals surface area contributed by atoms with Crippen molar-refractivity contribution in [1.82, 2.24) is 0 Å². The van der Waals surface area contributed by atoms with E-state index in [9.17, 15) is 0 Å². The summed E-state index contributed by atoms with van der Waals surface area (Å²) in [6.45, 7) is 11.8. The molecular formula is C46H38IrN3-3. The van der Waals surface area contributed by atoms with E-state index in [0.29, 0.717) is 0 Å². The van der Waals surface area contributed by atoms with E-state index < -0.39 is 0 Å². The molecule has 1 aromatic heterocycles. The van der Waals surface area contributed by atoms with Crippen molar-refractivity contribution in [2.75, 3.05) is 4.90 Å². The molecule has 2 heterocycles. The summed E-state index contributed by atoms with van der Waals surface area (Å²) >= 11 is 0. The van der Waals surface area contributed by atoms with Crippen LogP contribution >= 0.6 is 0 Å². The topological polar surface area (TPSA) is 21.2 Å². The predicted octanol–water partition coefficient (Wildman–Crippen LogP) is 11.9. The molecular weight excluding hydrogens is 787 g/mol. The number of hydrogen-bond acceptors (Lipinski definition) is 1. The SMILES string of the molecule is C=Cc1ccc(N(c2ccc(C=C)cc2)c2ccc(-c3cc[c-]c(C4C=CC=C[N-]4)c3)cc2)cc1.[CH2-]c1ccccc1-c1cccc[n+]1[CH2-].[Ir]. The van der Waals surface area contributed by atoms with Gasteiger partial charge in [-0.25, -0.2) is 0 Å². The molecule has 1 radical (unpaired) electrons. The number of pyridine rings is 1. The van der Waals surface area contributed by atoms with E-state index in [1.807, 2.05) is 83.7 Å². The molecule has 0 spiro atoms. The maximum absolute atomic E-state index is 4.55. The van der Waals surface area contributed by atoms with Gasteiger partial charge in [-0.2, -0.15) is 54.6 Å². The average Bonchev–Trinajstić information content (AvgIpc) is 3.17. The molecule has 1 atom stereocenters. The van der Waals surface area contributed by atoms with Crippen molar-refractivity contribution in [3.05, 3.63) is 225 Å². The van der Waals surface area contributed by atoms with Gasteiger partial charge in [-0.15, -0.1) is 23.3 Å². The Morgan fingerprint density at radius 1 is 0.700 bits per heavy atom. The zero-order valence-electron chi connectivity index (χ0n) is 27.8. The molecule has 1 aliphatic heterocycles. The van der Waals surface area contributed by atoms with Crippen LogP contribution in [-0.2, 0) is 20.1 Å². The molecule has 0 fully saturated rings. The molecule has 4 heteroatoms. The van der Waals surface area contributed by atoms with Crippen LogP contribution in [0.2, 0.25) is 0 Å². The summed E-state index contributed by atoms with van der Waals surface area (Å²) in [4.78, 5) is 2.26. The summed E-state index contributed by atoms with van der Waals surface area (Å²) in [7, 11) is 3.93. The van der Waals surface area contributed by atoms with Gasteiger partial charge in [0.2, 0.25) is 0 Å². The number of aromatic nitrogens is 1. The first-order valence-electron chi connectivity index (χ1n) is 16.2. The van der Waals surface area contributed by atoms with Crippen LogP contribution in [0.3, 0.4) is 0 Å². The van der Waals surface area contributed by atoms with Crippen LogP contribution in [0.25, 0.3) is 39.9 Å². The van der Waals surface area contributed by atoms with E-state index in [1.165, 1.54) is 0 Å². The minimum absolute atomic E-state index is 0. The second-order valence-electron chi connectivity index (χ2n) is 11.5. The van der Waals surface area contributed by atoms with Crippen molar-refractivity contribution in [1.29, 1.82) is 0 Å². The molecule has 0 saturated carbocycles. The van der Waals surface area contributed by atoms with Crippen molar-refractivity contribution in [2.24, 2.45) is 0 Å². The Morgan fingerprint density at radius 3 is 1.86 bits per heavy atom. The first kappa shape index (κ1) is 35.5. The Bertz CT molecular complexity index is 2000. The van der Waals surface area contributed by atoms with Crippen molar-refractivity contribution < 1.29 is 24.7 Å². The fourth-order valence-corrected chi connectivity index (χ4v) is 5.69. The normalized spacial score (nSPS) is 12.8. The third-order valence-corrected chi connectivity index (χ3v) is 8.35. The van der Waals surface area contributed by atoms with Crippen molar-refractivity contribution in [3.8, 4) is 22.4 Å². The number of nitrogens with zero attached hydrogens (tertiary/aromatic N) is 3. The van der Waals surface area contributed by atoms with E-state index in [0.717, 1.165) is 61.7 Å². The van der Waals surface area contributed by atoms with Crippen molar-refractivity contribution >= 4 is 29.2 Å². The van der Waals surface area contributed by atoms with Crippen LogP contribution in [0.1, 0.15) is 28.3 Å². The molecule has 0 aliphatic carbocycles. The predicted molar refractivity (Wildman–Crippen MR) is 207 cm³/mol. The Labute approximate surface area is 310 Å². The second kappa shape index (κ2) is 17.0. The molecule has 1 aliphatic rings. The van der Waals surface area contributed by atoms with E-state index >= 15 is 0 Å². The summed E-state index contributed by atoms with van der Waals surface area (Å²) < 4.78 is 1.85. The van der Waals surface area contributed by atoms with Crippen LogP contribution in [0.4, 0.5) is 17.1 Å². The largest absolute Gasteiger partial charge is 0.683 e. The first-order chi connectivity index (χ1) is 24.0. The molecule has 50 heavy (non-hydrogen) atoms. The molecule has 1 unspecified atom stereocenters. The molecule has 0 N–H and O–H groups in total. The van der Waals surface area contributed by atoms with Crippen LogP contribution in [0.5, 0.6) is 0 Å². The van der Waals surface area contributed by atoms with Crippen LogP contribution in [0.15, 0.2) is 177 Å². The van der Waals surface area contributed by atoms with Gasteiger partial charge in [0.15, 0.2) is 0 Å². The minimum atomic E-state index is 0. The van der Waals surface area contributed by atoms with Gasteiger partial charge < -0.3 is 14.8 Å². The summed E-state index contributed by atoms with van der Waals surface area (Å²) in [6, 6.07) is 49.2. The van der Waals surface area contributed by atoms with E-state index in [4.69, 9.17) is 0 Å². The summed E-state index contributed by atoms with van der Waals surface area (Å²) in [5.41, 5.74) is 12.1. The molecule has 7 rings (SSSR count). The molecule has 6 aromatic rings. The monoisotopic (exact) mass is 825 g/mol. The number of allylic oxidation sites excluding steroid dienone is 2. The average molecular weight is 825 g/mol. The van der Waals surface area contributed by atoms with Crippen LogP contribution < -0.4 is 9.47 Å². The van der Waals surface area contributed by atoms with Gasteiger partial charge >= 0.3 is 0 Å². The molecule has 0 bridgehead atoms. The van der Waals surface area contributed by atoms with Gasteiger partial charge in [0.1, 0.15) is 0 Å². The summed E-state index contributed by atoms with van der Waals surface area (Å²) in [5.74, 6) is 0. The third kappa shape index (κ3) is 8.43. The fourth-order valence-electron chi connectivity index (χ4n) is 5.69. The van der Waals surface area contributed by atoms with Gasteiger partial charge in [0.05, 0.1) is 11.9 Å². The smallest absolute Gasteiger partial charge is 0.0686 e. The zero-order valence-corrected chi connectivity index (χ0v) is 30.2. The first-order valence-corrected chi connectivity index (χ1v) is 16.2. The van der Waals surface area contributed by atoms with Crippen LogP contribution in [-0.4, -0.2) is 0 Å². The van der Waals surface area contributed by atoms with Gasteiger partial charge in [-0.3, -0.25) is 0 Å². The summed E-state index contributed by atoms with van der Waals surface area (Å²) in [5, 5.41) is 4.55. The van der Waals surface area contributed by atoms with E-state index in [-0.39, 0.29) is 26.1 Å². The Kier molecular flexibility index (Phi) is 12.1. The Balaban J connectivity index is 0.000000271. The molecule has 0 amide bonds. The Morgan fingerprint density at radius 2 is 1.30 bits per heavy atom. The Hall–Kier alpha value is -5.80. The van der Waals surface area contributed by atoms with Crippen molar-refractivity contribution in [3.63, 3.8) is 0 Å². The van der Waals surface area contributed by atoms with Gasteiger partial charge in [-0.05, 0) is 53.1 Å². The van der Waals surface area contributed by atoms with Crippen LogP contribution in [0, 0.1) is 20.0 Å². The second-order valence-corrected chi connectivity index (χ2v) is 11.5. The molecule has 5 aromatic carbocycles. The maximum Gasteiger partial charge on any atom is 0.0686 e. The van der Waals surface area contributed by atoms with Gasteiger partial charge in [0, 0.05) is 44.2 Å². The number of benzene rings is 5. The van der Waals surface area contributed by atoms with Gasteiger partial charge in [-0.1, -0.05) is 110 Å².